The van der Waals surface area contributed by atoms with Crippen molar-refractivity contribution in [3.8, 4) is 6.07 Å². The maximum Gasteiger partial charge on any atom is 0.308 e. The van der Waals surface area contributed by atoms with Crippen LogP contribution < -0.4 is 4.90 Å². The first-order valence-electron chi connectivity index (χ1n) is 7.26. The molecular formula is C15H22N4O2. The molecule has 0 aromatic carbocycles. The number of rotatable bonds is 7. The van der Waals surface area contributed by atoms with E-state index in [1.807, 2.05) is 25.7 Å². The van der Waals surface area contributed by atoms with Crippen LogP contribution in [0, 0.1) is 17.2 Å². The molecule has 114 valence electrons. The third-order valence-corrected chi connectivity index (χ3v) is 3.54. The number of aryl methyl sites for hydroxylation is 1. The van der Waals surface area contributed by atoms with Crippen molar-refractivity contribution in [2.45, 2.75) is 40.5 Å². The Balaban J connectivity index is 3.27. The number of aromatic nitrogens is 2. The molecule has 1 atom stereocenters. The van der Waals surface area contributed by atoms with Crippen LogP contribution >= 0.6 is 0 Å². The van der Waals surface area contributed by atoms with E-state index in [9.17, 15) is 10.1 Å². The smallest absolute Gasteiger partial charge is 0.308 e. The normalized spacial score (nSPS) is 11.8. The van der Waals surface area contributed by atoms with Crippen molar-refractivity contribution in [1.29, 1.82) is 5.26 Å². The second-order valence-electron chi connectivity index (χ2n) is 4.92. The lowest BCUT2D eigenvalue weighted by molar-refractivity contribution is -0.140. The first-order valence-corrected chi connectivity index (χ1v) is 7.26. The van der Waals surface area contributed by atoms with Gasteiger partial charge in [-0.15, -0.1) is 5.10 Å². The standard InChI is InChI=1S/C15H22N4O2/c1-5-11-12(8-16)14(18-17-13(11)6-2)19(7-3)9-10(4)15(20)21/h10H,5-7,9H2,1-4H3,(H,20,21). The highest BCUT2D eigenvalue weighted by Crippen LogP contribution is 2.23. The molecule has 6 heteroatoms. The molecule has 0 saturated heterocycles. The Bertz CT molecular complexity index is 551. The highest BCUT2D eigenvalue weighted by molar-refractivity contribution is 5.70. The maximum absolute atomic E-state index is 11.0. The molecule has 0 radical (unpaired) electrons. The number of carboxylic acids is 1. The number of hydrogen-bond donors (Lipinski definition) is 1. The van der Waals surface area contributed by atoms with E-state index in [1.54, 1.807) is 6.92 Å². The first-order chi connectivity index (χ1) is 9.99. The van der Waals surface area contributed by atoms with Crippen LogP contribution in [0.5, 0.6) is 0 Å². The van der Waals surface area contributed by atoms with Crippen LogP contribution in [-0.4, -0.2) is 34.4 Å². The van der Waals surface area contributed by atoms with Gasteiger partial charge in [0.05, 0.1) is 11.6 Å². The van der Waals surface area contributed by atoms with E-state index < -0.39 is 11.9 Å². The predicted octanol–water partition coefficient (Wildman–Crippen LogP) is 2.02. The zero-order chi connectivity index (χ0) is 16.0. The van der Waals surface area contributed by atoms with E-state index >= 15 is 0 Å². The highest BCUT2D eigenvalue weighted by atomic mass is 16.4. The lowest BCUT2D eigenvalue weighted by Crippen LogP contribution is -2.33. The first kappa shape index (κ1) is 16.9. The fraction of sp³-hybridized carbons (Fsp3) is 0.600. The van der Waals surface area contributed by atoms with E-state index in [1.165, 1.54) is 0 Å². The summed E-state index contributed by atoms with van der Waals surface area (Å²) in [5.41, 5.74) is 2.26. The van der Waals surface area contributed by atoms with Crippen LogP contribution in [-0.2, 0) is 17.6 Å². The molecule has 1 rings (SSSR count). The third kappa shape index (κ3) is 3.69. The van der Waals surface area contributed by atoms with E-state index in [-0.39, 0.29) is 0 Å². The van der Waals surface area contributed by atoms with Crippen molar-refractivity contribution >= 4 is 11.8 Å². The SMILES string of the molecule is CCc1nnc(N(CC)CC(C)C(=O)O)c(C#N)c1CC. The summed E-state index contributed by atoms with van der Waals surface area (Å²) in [7, 11) is 0. The number of nitrogens with zero attached hydrogens (tertiary/aromatic N) is 4. The van der Waals surface area contributed by atoms with Gasteiger partial charge in [0.2, 0.25) is 0 Å². The molecule has 0 aliphatic carbocycles. The van der Waals surface area contributed by atoms with Gasteiger partial charge < -0.3 is 10.0 Å². The molecule has 0 saturated carbocycles. The van der Waals surface area contributed by atoms with Crippen LogP contribution in [0.4, 0.5) is 5.82 Å². The average molecular weight is 290 g/mol. The number of carboxylic acid groups (broad SMARTS) is 1. The summed E-state index contributed by atoms with van der Waals surface area (Å²) < 4.78 is 0. The van der Waals surface area contributed by atoms with Gasteiger partial charge in [0.25, 0.3) is 0 Å². The van der Waals surface area contributed by atoms with Gasteiger partial charge in [0.1, 0.15) is 11.6 Å². The minimum atomic E-state index is -0.860. The number of nitriles is 1. The Kier molecular flexibility index (Phi) is 6.10. The van der Waals surface area contributed by atoms with Gasteiger partial charge in [0, 0.05) is 13.1 Å². The fourth-order valence-corrected chi connectivity index (χ4v) is 2.28. The van der Waals surface area contributed by atoms with Crippen molar-refractivity contribution in [1.82, 2.24) is 10.2 Å². The van der Waals surface area contributed by atoms with Crippen molar-refractivity contribution in [2.75, 3.05) is 18.0 Å². The van der Waals surface area contributed by atoms with E-state index in [0.717, 1.165) is 17.7 Å². The second-order valence-corrected chi connectivity index (χ2v) is 4.92. The Morgan fingerprint density at radius 3 is 2.43 bits per heavy atom. The van der Waals surface area contributed by atoms with Crippen LogP contribution in [0.25, 0.3) is 0 Å². The summed E-state index contributed by atoms with van der Waals surface area (Å²) in [6.07, 6.45) is 1.43. The summed E-state index contributed by atoms with van der Waals surface area (Å²) >= 11 is 0. The lowest BCUT2D eigenvalue weighted by Gasteiger charge is -2.25. The molecule has 1 N–H and O–H groups in total. The second kappa shape index (κ2) is 7.58. The molecule has 0 spiro atoms. The molecule has 0 aliphatic rings. The monoisotopic (exact) mass is 290 g/mol. The van der Waals surface area contributed by atoms with Crippen molar-refractivity contribution in [3.63, 3.8) is 0 Å². The Morgan fingerprint density at radius 2 is 2.00 bits per heavy atom. The van der Waals surface area contributed by atoms with Gasteiger partial charge in [-0.3, -0.25) is 4.79 Å². The molecule has 6 nitrogen and oxygen atoms in total. The molecular weight excluding hydrogens is 268 g/mol. The van der Waals surface area contributed by atoms with Gasteiger partial charge in [-0.05, 0) is 25.3 Å². The molecule has 1 unspecified atom stereocenters. The molecule has 1 aromatic rings. The Hall–Kier alpha value is -2.16. The molecule has 1 heterocycles. The summed E-state index contributed by atoms with van der Waals surface area (Å²) in [5, 5.41) is 26.9. The van der Waals surface area contributed by atoms with Crippen LogP contribution in [0.1, 0.15) is 44.5 Å². The topological polar surface area (TPSA) is 90.1 Å². The largest absolute Gasteiger partial charge is 0.481 e. The van der Waals surface area contributed by atoms with Crippen LogP contribution in [0.3, 0.4) is 0 Å². The van der Waals surface area contributed by atoms with Crippen molar-refractivity contribution in [3.05, 3.63) is 16.8 Å². The summed E-state index contributed by atoms with van der Waals surface area (Å²) in [5.74, 6) is -0.905. The summed E-state index contributed by atoms with van der Waals surface area (Å²) in [6.45, 7) is 8.41. The molecule has 0 aliphatic heterocycles. The molecule has 0 fully saturated rings. The number of aliphatic carboxylic acids is 1. The third-order valence-electron chi connectivity index (χ3n) is 3.54. The van der Waals surface area contributed by atoms with Gasteiger partial charge in [-0.2, -0.15) is 10.4 Å². The molecule has 0 amide bonds. The lowest BCUT2D eigenvalue weighted by atomic mass is 10.0. The Morgan fingerprint density at radius 1 is 1.33 bits per heavy atom. The summed E-state index contributed by atoms with van der Waals surface area (Å²) in [4.78, 5) is 12.8. The quantitative estimate of drug-likeness (QED) is 0.826. The van der Waals surface area contributed by atoms with Crippen molar-refractivity contribution < 1.29 is 9.90 Å². The zero-order valence-corrected chi connectivity index (χ0v) is 13.1. The fourth-order valence-electron chi connectivity index (χ4n) is 2.28. The van der Waals surface area contributed by atoms with Crippen LogP contribution in [0.2, 0.25) is 0 Å². The van der Waals surface area contributed by atoms with Gasteiger partial charge in [0.15, 0.2) is 5.82 Å². The van der Waals surface area contributed by atoms with Crippen molar-refractivity contribution in [2.24, 2.45) is 5.92 Å². The van der Waals surface area contributed by atoms with Crippen LogP contribution in [0.15, 0.2) is 0 Å². The Labute approximate surface area is 125 Å². The minimum Gasteiger partial charge on any atom is -0.481 e. The summed E-state index contributed by atoms with van der Waals surface area (Å²) in [6, 6.07) is 2.22. The maximum atomic E-state index is 11.0. The zero-order valence-electron chi connectivity index (χ0n) is 13.1. The van der Waals surface area contributed by atoms with Gasteiger partial charge in [-0.1, -0.05) is 20.8 Å². The number of hydrogen-bond acceptors (Lipinski definition) is 5. The molecule has 21 heavy (non-hydrogen) atoms. The van der Waals surface area contributed by atoms with E-state index in [2.05, 4.69) is 16.3 Å². The predicted molar refractivity (Wildman–Crippen MR) is 80.2 cm³/mol. The van der Waals surface area contributed by atoms with E-state index in [4.69, 9.17) is 5.11 Å². The number of anilines is 1. The minimum absolute atomic E-state index is 0.309. The van der Waals surface area contributed by atoms with E-state index in [0.29, 0.717) is 30.9 Å². The number of carbonyl (C=O) groups is 1. The molecule has 1 aromatic heterocycles. The van der Waals surface area contributed by atoms with Gasteiger partial charge in [-0.25, -0.2) is 0 Å². The average Bonchev–Trinajstić information content (AvgIpc) is 2.50. The molecule has 0 bridgehead atoms. The highest BCUT2D eigenvalue weighted by Gasteiger charge is 2.22. The van der Waals surface area contributed by atoms with Gasteiger partial charge >= 0.3 is 5.97 Å².